The topological polar surface area (TPSA) is 82.2 Å². The number of sulfonamides is 1. The quantitative estimate of drug-likeness (QED) is 0.626. The first-order valence-electron chi connectivity index (χ1n) is 10.0. The zero-order valence-electron chi connectivity index (χ0n) is 17.1. The van der Waals surface area contributed by atoms with Crippen molar-refractivity contribution in [2.24, 2.45) is 0 Å². The molecule has 8 nitrogen and oxygen atoms in total. The summed E-state index contributed by atoms with van der Waals surface area (Å²) in [6.45, 7) is 5.75. The molecule has 0 saturated carbocycles. The highest BCUT2D eigenvalue weighted by atomic mass is 32.2. The molecular formula is C19H27FN4O4S2. The van der Waals surface area contributed by atoms with Crippen molar-refractivity contribution < 1.29 is 22.3 Å². The summed E-state index contributed by atoms with van der Waals surface area (Å²) in [7, 11) is -3.24. The average Bonchev–Trinajstić information content (AvgIpc) is 3.12. The molecule has 166 valence electrons. The van der Waals surface area contributed by atoms with Crippen LogP contribution < -0.4 is 15.1 Å². The second-order valence-corrected chi connectivity index (χ2v) is 9.95. The van der Waals surface area contributed by atoms with E-state index in [0.29, 0.717) is 62.1 Å². The van der Waals surface area contributed by atoms with Crippen molar-refractivity contribution in [2.45, 2.75) is 26.4 Å². The fourth-order valence-corrected chi connectivity index (χ4v) is 4.67. The molecule has 2 aliphatic heterocycles. The van der Waals surface area contributed by atoms with Crippen LogP contribution in [0.1, 0.15) is 20.3 Å². The number of anilines is 2. The first-order chi connectivity index (χ1) is 14.2. The van der Waals surface area contributed by atoms with Crippen LogP contribution in [0.2, 0.25) is 0 Å². The Balaban J connectivity index is 1.63. The summed E-state index contributed by atoms with van der Waals surface area (Å²) in [6, 6.07) is 4.62. The molecule has 0 radical (unpaired) electrons. The first kappa shape index (κ1) is 22.7. The second-order valence-electron chi connectivity index (χ2n) is 7.20. The van der Waals surface area contributed by atoms with Gasteiger partial charge in [-0.15, -0.1) is 0 Å². The number of carbonyl (C=O) groups is 1. The SMILES string of the molecule is CCC(=S)NC[C@H]1CN(c2ccc(N3CCN(S(=O)(=O)CC)CC3)c(F)c2)C(=O)O1. The van der Waals surface area contributed by atoms with Gasteiger partial charge >= 0.3 is 6.09 Å². The number of hydrogen-bond acceptors (Lipinski definition) is 6. The molecule has 2 heterocycles. The molecular weight excluding hydrogens is 431 g/mol. The van der Waals surface area contributed by atoms with E-state index in [1.807, 2.05) is 11.8 Å². The predicted molar refractivity (Wildman–Crippen MR) is 118 cm³/mol. The van der Waals surface area contributed by atoms with E-state index in [9.17, 15) is 17.6 Å². The van der Waals surface area contributed by atoms with Gasteiger partial charge < -0.3 is 15.0 Å². The lowest BCUT2D eigenvalue weighted by Crippen LogP contribution is -2.49. The second kappa shape index (κ2) is 9.44. The van der Waals surface area contributed by atoms with E-state index >= 15 is 0 Å². The Bertz CT molecular complexity index is 904. The minimum absolute atomic E-state index is 0.0583. The molecule has 30 heavy (non-hydrogen) atoms. The Morgan fingerprint density at radius 3 is 2.57 bits per heavy atom. The summed E-state index contributed by atoms with van der Waals surface area (Å²) in [5.41, 5.74) is 0.820. The monoisotopic (exact) mass is 458 g/mol. The number of benzene rings is 1. The van der Waals surface area contributed by atoms with Crippen LogP contribution in [0, 0.1) is 5.82 Å². The number of cyclic esters (lactones) is 1. The van der Waals surface area contributed by atoms with Crippen LogP contribution in [0.15, 0.2) is 18.2 Å². The molecule has 0 bridgehead atoms. The number of halogens is 1. The first-order valence-corrected chi connectivity index (χ1v) is 12.0. The molecule has 2 saturated heterocycles. The van der Waals surface area contributed by atoms with Crippen LogP contribution in [0.5, 0.6) is 0 Å². The molecule has 2 fully saturated rings. The van der Waals surface area contributed by atoms with Gasteiger partial charge in [0, 0.05) is 26.2 Å². The van der Waals surface area contributed by atoms with Gasteiger partial charge in [0.2, 0.25) is 10.0 Å². The highest BCUT2D eigenvalue weighted by Crippen LogP contribution is 2.28. The molecule has 1 amide bonds. The number of piperazine rings is 1. The molecule has 0 spiro atoms. The van der Waals surface area contributed by atoms with E-state index in [4.69, 9.17) is 17.0 Å². The number of amides is 1. The van der Waals surface area contributed by atoms with E-state index < -0.39 is 21.9 Å². The smallest absolute Gasteiger partial charge is 0.414 e. The van der Waals surface area contributed by atoms with Crippen LogP contribution in [0.3, 0.4) is 0 Å². The fraction of sp³-hybridized carbons (Fsp3) is 0.579. The van der Waals surface area contributed by atoms with Crippen LogP contribution >= 0.6 is 12.2 Å². The normalized spacial score (nSPS) is 20.4. The van der Waals surface area contributed by atoms with E-state index in [1.54, 1.807) is 19.1 Å². The van der Waals surface area contributed by atoms with Gasteiger partial charge in [0.15, 0.2) is 0 Å². The number of rotatable bonds is 7. The van der Waals surface area contributed by atoms with E-state index in [0.717, 1.165) is 0 Å². The Labute approximate surface area is 182 Å². The van der Waals surface area contributed by atoms with Crippen LogP contribution in [-0.4, -0.2) is 74.9 Å². The Kier molecular flexibility index (Phi) is 7.14. The van der Waals surface area contributed by atoms with Gasteiger partial charge in [-0.25, -0.2) is 17.6 Å². The summed E-state index contributed by atoms with van der Waals surface area (Å²) >= 11 is 5.11. The molecule has 2 aliphatic rings. The minimum atomic E-state index is -3.24. The van der Waals surface area contributed by atoms with Gasteiger partial charge in [-0.3, -0.25) is 4.90 Å². The van der Waals surface area contributed by atoms with Gasteiger partial charge in [-0.2, -0.15) is 4.31 Å². The van der Waals surface area contributed by atoms with Crippen molar-refractivity contribution in [3.63, 3.8) is 0 Å². The van der Waals surface area contributed by atoms with Gasteiger partial charge in [-0.05, 0) is 31.5 Å². The lowest BCUT2D eigenvalue weighted by Gasteiger charge is -2.35. The number of carbonyl (C=O) groups excluding carboxylic acids is 1. The Morgan fingerprint density at radius 1 is 1.27 bits per heavy atom. The number of ether oxygens (including phenoxy) is 1. The Hall–Kier alpha value is -1.98. The third kappa shape index (κ3) is 5.01. The standard InChI is InChI=1S/C19H27FN4O4S2/c1-3-18(29)21-12-15-13-24(19(25)28-15)14-5-6-17(16(20)11-14)22-7-9-23(10-8-22)30(26,27)4-2/h5-6,11,15H,3-4,7-10,12-13H2,1-2H3,(H,21,29)/t15-/m0/s1. The zero-order chi connectivity index (χ0) is 21.9. The van der Waals surface area contributed by atoms with Crippen molar-refractivity contribution in [1.29, 1.82) is 0 Å². The highest BCUT2D eigenvalue weighted by molar-refractivity contribution is 7.89. The number of thiocarbonyl (C=S) groups is 1. The van der Waals surface area contributed by atoms with E-state index in [2.05, 4.69) is 5.32 Å². The van der Waals surface area contributed by atoms with Crippen molar-refractivity contribution >= 4 is 44.7 Å². The Morgan fingerprint density at radius 2 is 1.97 bits per heavy atom. The van der Waals surface area contributed by atoms with Gasteiger partial charge in [0.05, 0.1) is 35.2 Å². The maximum absolute atomic E-state index is 14.8. The summed E-state index contributed by atoms with van der Waals surface area (Å²) in [6.07, 6.45) is -0.168. The van der Waals surface area contributed by atoms with Crippen molar-refractivity contribution in [2.75, 3.05) is 54.8 Å². The minimum Gasteiger partial charge on any atom is -0.442 e. The van der Waals surface area contributed by atoms with Gasteiger partial charge in [-0.1, -0.05) is 19.1 Å². The largest absolute Gasteiger partial charge is 0.442 e. The molecule has 0 aromatic heterocycles. The molecule has 0 unspecified atom stereocenters. The number of hydrogen-bond donors (Lipinski definition) is 1. The molecule has 0 aliphatic carbocycles. The predicted octanol–water partition coefficient (Wildman–Crippen LogP) is 1.95. The van der Waals surface area contributed by atoms with Gasteiger partial charge in [0.25, 0.3) is 0 Å². The number of nitrogens with one attached hydrogen (secondary N) is 1. The molecule has 1 atom stereocenters. The third-order valence-corrected chi connectivity index (χ3v) is 7.62. The maximum atomic E-state index is 14.8. The van der Waals surface area contributed by atoms with Crippen LogP contribution in [0.4, 0.5) is 20.6 Å². The van der Waals surface area contributed by atoms with Crippen molar-refractivity contribution in [3.05, 3.63) is 24.0 Å². The molecule has 3 rings (SSSR count). The lowest BCUT2D eigenvalue weighted by atomic mass is 10.2. The molecule has 1 aromatic rings. The van der Waals surface area contributed by atoms with Crippen LogP contribution in [-0.2, 0) is 14.8 Å². The molecule has 1 aromatic carbocycles. The summed E-state index contributed by atoms with van der Waals surface area (Å²) in [4.78, 5) is 16.1. The zero-order valence-corrected chi connectivity index (χ0v) is 18.8. The molecule has 1 N–H and O–H groups in total. The van der Waals surface area contributed by atoms with Crippen LogP contribution in [0.25, 0.3) is 0 Å². The summed E-state index contributed by atoms with van der Waals surface area (Å²) in [5, 5.41) is 3.05. The third-order valence-electron chi connectivity index (χ3n) is 5.30. The van der Waals surface area contributed by atoms with Crippen molar-refractivity contribution in [1.82, 2.24) is 9.62 Å². The summed E-state index contributed by atoms with van der Waals surface area (Å²) < 4.78 is 45.6. The van der Waals surface area contributed by atoms with E-state index in [-0.39, 0.29) is 11.9 Å². The summed E-state index contributed by atoms with van der Waals surface area (Å²) in [5.74, 6) is -0.399. The van der Waals surface area contributed by atoms with Gasteiger partial charge in [0.1, 0.15) is 11.9 Å². The number of nitrogens with zero attached hydrogens (tertiary/aromatic N) is 3. The lowest BCUT2D eigenvalue weighted by molar-refractivity contribution is 0.143. The average molecular weight is 459 g/mol. The fourth-order valence-electron chi connectivity index (χ4n) is 3.50. The van der Waals surface area contributed by atoms with E-state index in [1.165, 1.54) is 15.3 Å². The molecule has 11 heteroatoms. The highest BCUT2D eigenvalue weighted by Gasteiger charge is 2.33. The maximum Gasteiger partial charge on any atom is 0.414 e. The van der Waals surface area contributed by atoms with Crippen molar-refractivity contribution in [3.8, 4) is 0 Å².